The van der Waals surface area contributed by atoms with E-state index in [0.29, 0.717) is 21.5 Å². The molecule has 2 heterocycles. The zero-order valence-corrected chi connectivity index (χ0v) is 26.1. The molecule has 2 atom stereocenters. The molecule has 0 aliphatic carbocycles. The molecule has 8 nitrogen and oxygen atoms in total. The average Bonchev–Trinajstić information content (AvgIpc) is 2.80. The first-order valence-corrected chi connectivity index (χ1v) is 13.8. The van der Waals surface area contributed by atoms with Crippen LogP contribution in [-0.2, 0) is 19.1 Å². The van der Waals surface area contributed by atoms with Gasteiger partial charge in [-0.15, -0.1) is 0 Å². The minimum Gasteiger partial charge on any atom is -0.465 e. The molecule has 0 saturated heterocycles. The van der Waals surface area contributed by atoms with Crippen molar-refractivity contribution in [2.24, 2.45) is 11.8 Å². The molecule has 0 spiro atoms. The summed E-state index contributed by atoms with van der Waals surface area (Å²) in [6.45, 7) is 11.6. The van der Waals surface area contributed by atoms with E-state index in [1.807, 2.05) is 13.8 Å². The van der Waals surface area contributed by atoms with Gasteiger partial charge in [0.25, 0.3) is 11.1 Å². The van der Waals surface area contributed by atoms with Gasteiger partial charge >= 0.3 is 11.9 Å². The van der Waals surface area contributed by atoms with Gasteiger partial charge in [0, 0.05) is 21.3 Å². The zero-order chi connectivity index (χ0) is 28.9. The molecule has 0 saturated carbocycles. The summed E-state index contributed by atoms with van der Waals surface area (Å²) in [5.74, 6) is -2.28. The van der Waals surface area contributed by atoms with Gasteiger partial charge in [0.1, 0.15) is 10.9 Å². The molecule has 0 aliphatic heterocycles. The summed E-state index contributed by atoms with van der Waals surface area (Å²) in [6.07, 6.45) is 2.78. The van der Waals surface area contributed by atoms with Gasteiger partial charge in [0.15, 0.2) is 11.6 Å². The first kappa shape index (κ1) is 35.1. The summed E-state index contributed by atoms with van der Waals surface area (Å²) in [6, 6.07) is 1.35. The number of H-pyrrole nitrogens is 1. The molecule has 1 N–H and O–H groups in total. The van der Waals surface area contributed by atoms with E-state index in [9.17, 15) is 28.0 Å². The molecule has 0 aliphatic rings. The van der Waals surface area contributed by atoms with Gasteiger partial charge in [-0.2, -0.15) is 0 Å². The van der Waals surface area contributed by atoms with Crippen LogP contribution in [0.4, 0.5) is 8.78 Å². The largest absolute Gasteiger partial charge is 0.465 e. The maximum absolute atomic E-state index is 13.4. The van der Waals surface area contributed by atoms with Crippen molar-refractivity contribution < 1.29 is 27.8 Å². The van der Waals surface area contributed by atoms with Crippen LogP contribution in [-0.4, -0.2) is 39.5 Å². The van der Waals surface area contributed by atoms with Crippen molar-refractivity contribution in [3.05, 3.63) is 65.8 Å². The third kappa shape index (κ3) is 12.5. The predicted molar refractivity (Wildman–Crippen MR) is 148 cm³/mol. The van der Waals surface area contributed by atoms with Crippen LogP contribution in [0.1, 0.15) is 47.6 Å². The number of pyridine rings is 2. The number of carbonyl (C=O) groups is 2. The Balaban J connectivity index is 0.000000577. The Hall–Kier alpha value is -1.86. The molecule has 2 unspecified atom stereocenters. The maximum Gasteiger partial charge on any atom is 0.329 e. The Morgan fingerprint density at radius 1 is 0.919 bits per heavy atom. The summed E-state index contributed by atoms with van der Waals surface area (Å²) < 4.78 is 37.3. The van der Waals surface area contributed by atoms with E-state index in [-0.39, 0.29) is 23.3 Å². The molecule has 208 valence electrons. The van der Waals surface area contributed by atoms with Gasteiger partial charge in [-0.1, -0.05) is 43.6 Å². The SMILES string of the molecule is CCOC(=O)C(Br)C(C)C.CCOC(=O)C(C(C)C)n1cc(Br)cc(F)c1=O.O=c1[nH]cc(Br)cc1F. The van der Waals surface area contributed by atoms with Crippen LogP contribution in [0.3, 0.4) is 0 Å². The van der Waals surface area contributed by atoms with Crippen LogP contribution < -0.4 is 11.1 Å². The fraction of sp³-hybridized carbons (Fsp3) is 0.500. The number of nitrogens with zero attached hydrogens (tertiary/aromatic N) is 1. The van der Waals surface area contributed by atoms with E-state index in [1.54, 1.807) is 27.7 Å². The number of halogens is 5. The monoisotopic (exact) mass is 718 g/mol. The second-order valence-corrected chi connectivity index (χ2v) is 10.9. The Labute approximate surface area is 239 Å². The van der Waals surface area contributed by atoms with Gasteiger partial charge in [-0.25, -0.2) is 13.6 Å². The topological polar surface area (TPSA) is 107 Å². The fourth-order valence-electron chi connectivity index (χ4n) is 2.60. The van der Waals surface area contributed by atoms with Crippen molar-refractivity contribution in [1.29, 1.82) is 0 Å². The Morgan fingerprint density at radius 2 is 1.43 bits per heavy atom. The third-order valence-electron chi connectivity index (χ3n) is 4.34. The summed E-state index contributed by atoms with van der Waals surface area (Å²) in [5, 5.41) is 0. The van der Waals surface area contributed by atoms with E-state index in [4.69, 9.17) is 9.47 Å². The lowest BCUT2D eigenvalue weighted by atomic mass is 10.0. The molecule has 0 amide bonds. The van der Waals surface area contributed by atoms with Crippen LogP contribution in [0.2, 0.25) is 0 Å². The van der Waals surface area contributed by atoms with E-state index in [2.05, 4.69) is 52.8 Å². The number of ether oxygens (including phenoxy) is 2. The zero-order valence-electron chi connectivity index (χ0n) is 21.3. The highest BCUT2D eigenvalue weighted by Crippen LogP contribution is 2.20. The Bertz CT molecular complexity index is 1140. The van der Waals surface area contributed by atoms with Crippen LogP contribution in [0.25, 0.3) is 0 Å². The fourth-order valence-corrected chi connectivity index (χ4v) is 3.47. The minimum atomic E-state index is -0.903. The number of hydrogen-bond donors (Lipinski definition) is 1. The van der Waals surface area contributed by atoms with Crippen LogP contribution in [0.15, 0.2) is 43.1 Å². The second kappa shape index (κ2) is 17.6. The van der Waals surface area contributed by atoms with Crippen LogP contribution in [0, 0.1) is 23.5 Å². The standard InChI is InChI=1S/C12H15BrFNO3.C7H13BrO2.C5H3BrFNO/c1-4-18-12(17)10(7(2)3)15-6-8(13)5-9(14)11(15)16;1-4-10-7(9)6(8)5(2)3;6-3-1-4(7)5(9)8-2-3/h5-7,10H,4H2,1-3H3;5-6H,4H2,1-3H3;1-2H,(H,8,9). The highest BCUT2D eigenvalue weighted by atomic mass is 79.9. The van der Waals surface area contributed by atoms with Crippen molar-refractivity contribution >= 4 is 59.7 Å². The Morgan fingerprint density at radius 3 is 1.86 bits per heavy atom. The minimum absolute atomic E-state index is 0.160. The van der Waals surface area contributed by atoms with E-state index in [0.717, 1.165) is 16.7 Å². The van der Waals surface area contributed by atoms with Crippen LogP contribution >= 0.6 is 47.8 Å². The summed E-state index contributed by atoms with van der Waals surface area (Å²) in [4.78, 5) is 46.8. The quantitative estimate of drug-likeness (QED) is 0.288. The molecule has 0 bridgehead atoms. The van der Waals surface area contributed by atoms with Crippen molar-refractivity contribution in [3.63, 3.8) is 0 Å². The van der Waals surface area contributed by atoms with Gasteiger partial charge in [0.2, 0.25) is 0 Å². The molecule has 2 aromatic rings. The van der Waals surface area contributed by atoms with Gasteiger partial charge < -0.3 is 14.5 Å². The lowest BCUT2D eigenvalue weighted by Gasteiger charge is -2.21. The normalized spacial score (nSPS) is 12.0. The number of aromatic nitrogens is 2. The number of nitrogens with one attached hydrogen (secondary N) is 1. The highest BCUT2D eigenvalue weighted by Gasteiger charge is 2.27. The summed E-state index contributed by atoms with van der Waals surface area (Å²) >= 11 is 9.32. The van der Waals surface area contributed by atoms with E-state index >= 15 is 0 Å². The lowest BCUT2D eigenvalue weighted by Crippen LogP contribution is -2.35. The number of rotatable bonds is 7. The third-order valence-corrected chi connectivity index (χ3v) is 6.67. The number of esters is 2. The lowest BCUT2D eigenvalue weighted by molar-refractivity contribution is -0.148. The number of aromatic amines is 1. The molecule has 0 aromatic carbocycles. The van der Waals surface area contributed by atoms with Gasteiger partial charge in [-0.05, 0) is 69.7 Å². The molecule has 13 heteroatoms. The van der Waals surface area contributed by atoms with Gasteiger partial charge in [-0.3, -0.25) is 19.0 Å². The number of hydrogen-bond acceptors (Lipinski definition) is 6. The van der Waals surface area contributed by atoms with E-state index in [1.165, 1.54) is 12.4 Å². The highest BCUT2D eigenvalue weighted by molar-refractivity contribution is 9.10. The first-order chi connectivity index (χ1) is 17.2. The predicted octanol–water partition coefficient (Wildman–Crippen LogP) is 5.76. The second-order valence-electron chi connectivity index (χ2n) is 8.05. The van der Waals surface area contributed by atoms with Crippen molar-refractivity contribution in [2.45, 2.75) is 52.4 Å². The Kier molecular flexibility index (Phi) is 16.7. The van der Waals surface area contributed by atoms with Gasteiger partial charge in [0.05, 0.1) is 13.2 Å². The summed E-state index contributed by atoms with van der Waals surface area (Å²) in [5.41, 5.74) is -1.52. The maximum atomic E-state index is 13.4. The average molecular weight is 721 g/mol. The smallest absolute Gasteiger partial charge is 0.329 e. The molecular formula is C24H31Br3F2N2O6. The van der Waals surface area contributed by atoms with Crippen LogP contribution in [0.5, 0.6) is 0 Å². The molecule has 37 heavy (non-hydrogen) atoms. The molecule has 2 aromatic heterocycles. The van der Waals surface area contributed by atoms with E-state index < -0.39 is 34.8 Å². The summed E-state index contributed by atoms with van der Waals surface area (Å²) in [7, 11) is 0. The number of alkyl halides is 1. The van der Waals surface area contributed by atoms with Crippen molar-refractivity contribution in [1.82, 2.24) is 9.55 Å². The first-order valence-electron chi connectivity index (χ1n) is 11.3. The van der Waals surface area contributed by atoms with Crippen molar-refractivity contribution in [3.8, 4) is 0 Å². The van der Waals surface area contributed by atoms with Crippen molar-refractivity contribution in [2.75, 3.05) is 13.2 Å². The number of carbonyl (C=O) groups excluding carboxylic acids is 2. The molecule has 0 radical (unpaired) electrons. The molecular weight excluding hydrogens is 690 g/mol. The molecule has 2 rings (SSSR count). The molecule has 0 fully saturated rings.